The second-order valence-corrected chi connectivity index (χ2v) is 4.58. The molecule has 1 aliphatic heterocycles. The van der Waals surface area contributed by atoms with Crippen LogP contribution in [0.3, 0.4) is 0 Å². The van der Waals surface area contributed by atoms with Gasteiger partial charge in [-0.05, 0) is 13.8 Å². The zero-order chi connectivity index (χ0) is 15.2. The van der Waals surface area contributed by atoms with Crippen LogP contribution in [0.4, 0.5) is 0 Å². The summed E-state index contributed by atoms with van der Waals surface area (Å²) < 4.78 is 27.1. The number of hydrogen-bond donors (Lipinski definition) is 1. The Morgan fingerprint density at radius 1 is 1.15 bits per heavy atom. The molecule has 0 saturated carbocycles. The third-order valence-electron chi connectivity index (χ3n) is 3.44. The van der Waals surface area contributed by atoms with E-state index in [4.69, 9.17) is 29.1 Å². The number of rotatable bonds is 7. The van der Waals surface area contributed by atoms with E-state index >= 15 is 0 Å². The van der Waals surface area contributed by atoms with E-state index in [1.807, 2.05) is 13.8 Å². The van der Waals surface area contributed by atoms with Crippen LogP contribution in [-0.4, -0.2) is 45.9 Å². The molecule has 0 radical (unpaired) electrons. The van der Waals surface area contributed by atoms with Gasteiger partial charge in [0, 0.05) is 27.1 Å². The molecule has 0 bridgehead atoms. The van der Waals surface area contributed by atoms with Crippen molar-refractivity contribution < 1.29 is 23.7 Å². The maximum atomic E-state index is 8.24. The van der Waals surface area contributed by atoms with Crippen LogP contribution in [0.15, 0.2) is 12.3 Å². The van der Waals surface area contributed by atoms with Gasteiger partial charge in [0.1, 0.15) is 11.2 Å². The molecule has 0 aromatic carbocycles. The fraction of sp³-hybridized carbons (Fsp3) is 0.786. The minimum atomic E-state index is -0.786. The van der Waals surface area contributed by atoms with E-state index in [9.17, 15) is 0 Å². The quantitative estimate of drug-likeness (QED) is 0.442. The minimum Gasteiger partial charge on any atom is -0.498 e. The highest BCUT2D eigenvalue weighted by molar-refractivity contribution is 5.82. The van der Waals surface area contributed by atoms with Crippen LogP contribution in [0.2, 0.25) is 0 Å². The molecule has 0 aliphatic carbocycles. The first-order valence-electron chi connectivity index (χ1n) is 6.79. The molecule has 6 nitrogen and oxygen atoms in total. The third-order valence-corrected chi connectivity index (χ3v) is 3.44. The second-order valence-electron chi connectivity index (χ2n) is 4.58. The molecule has 1 rings (SSSR count). The Bertz CT molecular complexity index is 312. The maximum Gasteiger partial charge on any atom is 0.194 e. The molecule has 6 heteroatoms. The molecule has 1 saturated heterocycles. The van der Waals surface area contributed by atoms with E-state index in [1.54, 1.807) is 14.2 Å². The monoisotopic (exact) mass is 287 g/mol. The lowest BCUT2D eigenvalue weighted by molar-refractivity contribution is -0.270. The molecule has 2 unspecified atom stereocenters. The normalized spacial score (nSPS) is 29.8. The van der Waals surface area contributed by atoms with Crippen LogP contribution in [-0.2, 0) is 23.7 Å². The van der Waals surface area contributed by atoms with E-state index in [0.29, 0.717) is 31.8 Å². The SMILES string of the molecule is C=C(OCC)C1(C(=N)OCC)CC(OC)OC(OC)C1. The van der Waals surface area contributed by atoms with Gasteiger partial charge in [-0.25, -0.2) is 0 Å². The van der Waals surface area contributed by atoms with Gasteiger partial charge in [0.15, 0.2) is 18.5 Å². The Kier molecular flexibility index (Phi) is 6.45. The molecule has 2 atom stereocenters. The number of hydrogen-bond acceptors (Lipinski definition) is 6. The third kappa shape index (κ3) is 3.50. The Balaban J connectivity index is 3.07. The van der Waals surface area contributed by atoms with Gasteiger partial charge in [-0.3, -0.25) is 5.41 Å². The first-order chi connectivity index (χ1) is 9.53. The Labute approximate surface area is 120 Å². The summed E-state index contributed by atoms with van der Waals surface area (Å²) in [5.74, 6) is 0.608. The first kappa shape index (κ1) is 16.9. The van der Waals surface area contributed by atoms with Gasteiger partial charge in [0.05, 0.1) is 13.2 Å². The molecule has 1 aliphatic rings. The van der Waals surface area contributed by atoms with E-state index in [0.717, 1.165) is 0 Å². The minimum absolute atomic E-state index is 0.117. The Morgan fingerprint density at radius 3 is 2.05 bits per heavy atom. The average Bonchev–Trinajstić information content (AvgIpc) is 2.46. The largest absolute Gasteiger partial charge is 0.498 e. The fourth-order valence-electron chi connectivity index (χ4n) is 2.33. The summed E-state index contributed by atoms with van der Waals surface area (Å²) in [6, 6.07) is 0. The molecular formula is C14H25NO5. The van der Waals surface area contributed by atoms with Crippen molar-refractivity contribution in [2.45, 2.75) is 39.3 Å². The molecule has 1 fully saturated rings. The molecule has 0 amide bonds. The topological polar surface area (TPSA) is 70.0 Å². The highest BCUT2D eigenvalue weighted by Gasteiger charge is 2.49. The summed E-state index contributed by atoms with van der Waals surface area (Å²) in [6.07, 6.45) is -0.152. The van der Waals surface area contributed by atoms with Crippen molar-refractivity contribution in [2.75, 3.05) is 27.4 Å². The number of methoxy groups -OCH3 is 2. The number of nitrogens with one attached hydrogen (secondary N) is 1. The van der Waals surface area contributed by atoms with Crippen molar-refractivity contribution in [3.8, 4) is 0 Å². The summed E-state index contributed by atoms with van der Waals surface area (Å²) in [7, 11) is 3.11. The van der Waals surface area contributed by atoms with E-state index in [-0.39, 0.29) is 5.90 Å². The van der Waals surface area contributed by atoms with Crippen LogP contribution in [0.25, 0.3) is 0 Å². The first-order valence-corrected chi connectivity index (χ1v) is 6.79. The summed E-state index contributed by atoms with van der Waals surface area (Å²) in [6.45, 7) is 8.59. The zero-order valence-electron chi connectivity index (χ0n) is 12.7. The van der Waals surface area contributed by atoms with Gasteiger partial charge in [-0.15, -0.1) is 0 Å². The highest BCUT2D eigenvalue weighted by Crippen LogP contribution is 2.44. The second kappa shape index (κ2) is 7.61. The molecule has 1 heterocycles. The van der Waals surface area contributed by atoms with Crippen LogP contribution in [0.1, 0.15) is 26.7 Å². The Morgan fingerprint density at radius 2 is 1.65 bits per heavy atom. The van der Waals surface area contributed by atoms with Crippen molar-refractivity contribution in [3.63, 3.8) is 0 Å². The summed E-state index contributed by atoms with van der Waals surface area (Å²) in [4.78, 5) is 0. The molecule has 0 spiro atoms. The van der Waals surface area contributed by atoms with Crippen LogP contribution < -0.4 is 0 Å². The molecule has 0 aromatic rings. The molecule has 116 valence electrons. The summed E-state index contributed by atoms with van der Waals surface area (Å²) >= 11 is 0. The maximum absolute atomic E-state index is 8.24. The van der Waals surface area contributed by atoms with E-state index in [2.05, 4.69) is 6.58 Å². The number of ether oxygens (including phenoxy) is 5. The lowest BCUT2D eigenvalue weighted by Crippen LogP contribution is -2.48. The fourth-order valence-corrected chi connectivity index (χ4v) is 2.33. The highest BCUT2D eigenvalue weighted by atomic mass is 16.8. The zero-order valence-corrected chi connectivity index (χ0v) is 12.7. The smallest absolute Gasteiger partial charge is 0.194 e. The lowest BCUT2D eigenvalue weighted by Gasteiger charge is -2.43. The van der Waals surface area contributed by atoms with Gasteiger partial charge >= 0.3 is 0 Å². The van der Waals surface area contributed by atoms with E-state index in [1.165, 1.54) is 0 Å². The van der Waals surface area contributed by atoms with Gasteiger partial charge in [0.2, 0.25) is 0 Å². The van der Waals surface area contributed by atoms with Crippen molar-refractivity contribution in [2.24, 2.45) is 5.41 Å². The van der Waals surface area contributed by atoms with Gasteiger partial charge in [-0.1, -0.05) is 6.58 Å². The molecule has 0 aromatic heterocycles. The van der Waals surface area contributed by atoms with E-state index < -0.39 is 18.0 Å². The Hall–Kier alpha value is -1.11. The molecular weight excluding hydrogens is 262 g/mol. The predicted octanol–water partition coefficient (Wildman–Crippen LogP) is 2.29. The summed E-state index contributed by atoms with van der Waals surface area (Å²) in [5, 5.41) is 8.24. The lowest BCUT2D eigenvalue weighted by atomic mass is 9.77. The van der Waals surface area contributed by atoms with Gasteiger partial charge < -0.3 is 23.7 Å². The van der Waals surface area contributed by atoms with Gasteiger partial charge in [-0.2, -0.15) is 0 Å². The standard InChI is InChI=1S/C14H25NO5/c1-6-18-10(3)14(13(15)19-7-2)8-11(16-4)20-12(9-14)17-5/h11-12,15H,3,6-9H2,1-2,4-5H3. The van der Waals surface area contributed by atoms with Crippen LogP contribution in [0, 0.1) is 10.8 Å². The van der Waals surface area contributed by atoms with Crippen molar-refractivity contribution >= 4 is 5.90 Å². The van der Waals surface area contributed by atoms with Crippen molar-refractivity contribution in [3.05, 3.63) is 12.3 Å². The van der Waals surface area contributed by atoms with Crippen LogP contribution in [0.5, 0.6) is 0 Å². The molecule has 1 N–H and O–H groups in total. The van der Waals surface area contributed by atoms with Gasteiger partial charge in [0.25, 0.3) is 0 Å². The predicted molar refractivity (Wildman–Crippen MR) is 74.5 cm³/mol. The summed E-state index contributed by atoms with van der Waals surface area (Å²) in [5.41, 5.74) is -0.786. The average molecular weight is 287 g/mol. The molecule has 20 heavy (non-hydrogen) atoms. The van der Waals surface area contributed by atoms with Crippen molar-refractivity contribution in [1.82, 2.24) is 0 Å². The van der Waals surface area contributed by atoms with Crippen molar-refractivity contribution in [1.29, 1.82) is 5.41 Å². The van der Waals surface area contributed by atoms with Crippen LogP contribution >= 0.6 is 0 Å².